The smallest absolute Gasteiger partial charge is 0.327 e. The monoisotopic (exact) mass is 259 g/mol. The standard InChI is InChI=1S/C14H17N3O2/c1-8-6-13(17-9(2)14(18)19-3)11-7-10(15)4-5-12(11)16-8/h4-7,9H,15H2,1-3H3,(H,16,17). The lowest BCUT2D eigenvalue weighted by Gasteiger charge is -2.15. The molecule has 0 aliphatic carbocycles. The summed E-state index contributed by atoms with van der Waals surface area (Å²) in [7, 11) is 1.37. The number of carbonyl (C=O) groups is 1. The Balaban J connectivity index is 2.46. The zero-order valence-corrected chi connectivity index (χ0v) is 11.2. The molecule has 1 heterocycles. The predicted molar refractivity (Wildman–Crippen MR) is 76.0 cm³/mol. The molecule has 0 spiro atoms. The zero-order valence-electron chi connectivity index (χ0n) is 11.2. The highest BCUT2D eigenvalue weighted by atomic mass is 16.5. The Morgan fingerprint density at radius 3 is 2.84 bits per heavy atom. The Morgan fingerprint density at radius 1 is 1.42 bits per heavy atom. The molecule has 1 aromatic carbocycles. The number of nitrogen functional groups attached to an aromatic ring is 1. The molecule has 19 heavy (non-hydrogen) atoms. The number of aromatic nitrogens is 1. The van der Waals surface area contributed by atoms with Crippen molar-refractivity contribution in [3.63, 3.8) is 0 Å². The second-order valence-electron chi connectivity index (χ2n) is 4.48. The van der Waals surface area contributed by atoms with Gasteiger partial charge in [-0.25, -0.2) is 4.79 Å². The third-order valence-electron chi connectivity index (χ3n) is 2.89. The number of hydrogen-bond donors (Lipinski definition) is 2. The number of aryl methyl sites for hydroxylation is 1. The van der Waals surface area contributed by atoms with Crippen molar-refractivity contribution in [3.8, 4) is 0 Å². The van der Waals surface area contributed by atoms with Gasteiger partial charge in [0.05, 0.1) is 12.6 Å². The van der Waals surface area contributed by atoms with Crippen LogP contribution in [0.4, 0.5) is 11.4 Å². The van der Waals surface area contributed by atoms with Crippen LogP contribution in [-0.4, -0.2) is 24.1 Å². The molecule has 1 atom stereocenters. The van der Waals surface area contributed by atoms with E-state index in [4.69, 9.17) is 10.5 Å². The summed E-state index contributed by atoms with van der Waals surface area (Å²) in [6.07, 6.45) is 0. The first kappa shape index (κ1) is 13.1. The molecule has 0 saturated heterocycles. The Bertz CT molecular complexity index is 625. The number of methoxy groups -OCH3 is 1. The normalized spacial score (nSPS) is 12.2. The van der Waals surface area contributed by atoms with Crippen LogP contribution in [0.1, 0.15) is 12.6 Å². The van der Waals surface area contributed by atoms with Crippen LogP contribution >= 0.6 is 0 Å². The Hall–Kier alpha value is -2.30. The van der Waals surface area contributed by atoms with E-state index in [1.165, 1.54) is 7.11 Å². The summed E-state index contributed by atoms with van der Waals surface area (Å²) in [6, 6.07) is 6.97. The summed E-state index contributed by atoms with van der Waals surface area (Å²) in [5, 5.41) is 4.02. The van der Waals surface area contributed by atoms with Crippen LogP contribution in [0.25, 0.3) is 10.9 Å². The van der Waals surface area contributed by atoms with E-state index in [2.05, 4.69) is 10.3 Å². The van der Waals surface area contributed by atoms with Gasteiger partial charge in [-0.1, -0.05) is 0 Å². The molecule has 0 bridgehead atoms. The summed E-state index contributed by atoms with van der Waals surface area (Å²) >= 11 is 0. The number of nitrogens with zero attached hydrogens (tertiary/aromatic N) is 1. The van der Waals surface area contributed by atoms with E-state index in [9.17, 15) is 4.79 Å². The van der Waals surface area contributed by atoms with Crippen molar-refractivity contribution in [1.82, 2.24) is 4.98 Å². The second-order valence-corrected chi connectivity index (χ2v) is 4.48. The van der Waals surface area contributed by atoms with Crippen LogP contribution in [0.3, 0.4) is 0 Å². The minimum Gasteiger partial charge on any atom is -0.467 e. The zero-order chi connectivity index (χ0) is 14.0. The van der Waals surface area contributed by atoms with Gasteiger partial charge in [-0.05, 0) is 38.1 Å². The fourth-order valence-corrected chi connectivity index (χ4v) is 1.96. The first-order valence-electron chi connectivity index (χ1n) is 6.02. The quantitative estimate of drug-likeness (QED) is 0.652. The number of pyridine rings is 1. The number of carbonyl (C=O) groups excluding carboxylic acids is 1. The van der Waals surface area contributed by atoms with Crippen LogP contribution in [0.15, 0.2) is 24.3 Å². The number of nitrogens with two attached hydrogens (primary N) is 1. The fourth-order valence-electron chi connectivity index (χ4n) is 1.96. The number of benzene rings is 1. The summed E-state index contributed by atoms with van der Waals surface area (Å²) < 4.78 is 4.71. The van der Waals surface area contributed by atoms with Crippen molar-refractivity contribution in [2.75, 3.05) is 18.2 Å². The maximum Gasteiger partial charge on any atom is 0.327 e. The van der Waals surface area contributed by atoms with Crippen LogP contribution < -0.4 is 11.1 Å². The highest BCUT2D eigenvalue weighted by Gasteiger charge is 2.14. The lowest BCUT2D eigenvalue weighted by molar-refractivity contribution is -0.141. The van der Waals surface area contributed by atoms with Gasteiger partial charge in [0.1, 0.15) is 6.04 Å². The fraction of sp³-hybridized carbons (Fsp3) is 0.286. The number of rotatable bonds is 3. The molecule has 5 heteroatoms. The molecule has 1 aromatic heterocycles. The van der Waals surface area contributed by atoms with E-state index < -0.39 is 6.04 Å². The van der Waals surface area contributed by atoms with Gasteiger partial charge in [-0.2, -0.15) is 0 Å². The number of anilines is 2. The van der Waals surface area contributed by atoms with Crippen molar-refractivity contribution in [1.29, 1.82) is 0 Å². The molecule has 0 radical (unpaired) electrons. The molecule has 0 aliphatic rings. The van der Waals surface area contributed by atoms with E-state index in [-0.39, 0.29) is 5.97 Å². The Labute approximate surface area is 111 Å². The molecule has 0 fully saturated rings. The van der Waals surface area contributed by atoms with Gasteiger partial charge in [0.2, 0.25) is 0 Å². The third kappa shape index (κ3) is 2.76. The van der Waals surface area contributed by atoms with Crippen LogP contribution in [0.5, 0.6) is 0 Å². The van der Waals surface area contributed by atoms with Gasteiger partial charge in [0.15, 0.2) is 0 Å². The van der Waals surface area contributed by atoms with Crippen LogP contribution in [-0.2, 0) is 9.53 Å². The minimum absolute atomic E-state index is 0.313. The molecule has 2 rings (SSSR count). The maximum absolute atomic E-state index is 11.5. The molecule has 100 valence electrons. The first-order valence-corrected chi connectivity index (χ1v) is 6.02. The molecule has 2 aromatic rings. The number of ether oxygens (including phenoxy) is 1. The number of fused-ring (bicyclic) bond motifs is 1. The maximum atomic E-state index is 11.5. The first-order chi connectivity index (χ1) is 9.01. The van der Waals surface area contributed by atoms with Crippen molar-refractivity contribution in [2.24, 2.45) is 0 Å². The highest BCUT2D eigenvalue weighted by molar-refractivity contribution is 5.95. The lowest BCUT2D eigenvalue weighted by atomic mass is 10.1. The second kappa shape index (κ2) is 5.14. The summed E-state index contributed by atoms with van der Waals surface area (Å²) in [6.45, 7) is 3.66. The van der Waals surface area contributed by atoms with Gasteiger partial charge < -0.3 is 15.8 Å². The van der Waals surface area contributed by atoms with Crippen LogP contribution in [0.2, 0.25) is 0 Å². The molecule has 1 unspecified atom stereocenters. The molecular weight excluding hydrogens is 242 g/mol. The van der Waals surface area contributed by atoms with E-state index in [0.717, 1.165) is 22.3 Å². The molecular formula is C14H17N3O2. The van der Waals surface area contributed by atoms with Crippen molar-refractivity contribution in [3.05, 3.63) is 30.0 Å². The molecule has 0 amide bonds. The number of hydrogen-bond acceptors (Lipinski definition) is 5. The van der Waals surface area contributed by atoms with Crippen LogP contribution in [0, 0.1) is 6.92 Å². The number of nitrogens with one attached hydrogen (secondary N) is 1. The minimum atomic E-state index is -0.434. The summed E-state index contributed by atoms with van der Waals surface area (Å²) in [5.74, 6) is -0.313. The largest absolute Gasteiger partial charge is 0.467 e. The molecule has 5 nitrogen and oxygen atoms in total. The average molecular weight is 259 g/mol. The van der Waals surface area contributed by atoms with E-state index in [0.29, 0.717) is 5.69 Å². The van der Waals surface area contributed by atoms with Crippen molar-refractivity contribution < 1.29 is 9.53 Å². The summed E-state index contributed by atoms with van der Waals surface area (Å²) in [4.78, 5) is 15.9. The van der Waals surface area contributed by atoms with E-state index in [1.807, 2.05) is 31.2 Å². The van der Waals surface area contributed by atoms with E-state index in [1.54, 1.807) is 6.92 Å². The van der Waals surface area contributed by atoms with Gasteiger partial charge in [0.25, 0.3) is 0 Å². The number of esters is 1. The summed E-state index contributed by atoms with van der Waals surface area (Å²) in [5.41, 5.74) is 9.00. The Morgan fingerprint density at radius 2 is 2.16 bits per heavy atom. The highest BCUT2D eigenvalue weighted by Crippen LogP contribution is 2.25. The van der Waals surface area contributed by atoms with Gasteiger partial charge in [-0.15, -0.1) is 0 Å². The van der Waals surface area contributed by atoms with Crippen molar-refractivity contribution in [2.45, 2.75) is 19.9 Å². The molecule has 0 aliphatic heterocycles. The SMILES string of the molecule is COC(=O)C(C)Nc1cc(C)nc2ccc(N)cc12. The Kier molecular flexibility index (Phi) is 3.55. The van der Waals surface area contributed by atoms with Crippen molar-refractivity contribution >= 4 is 28.2 Å². The van der Waals surface area contributed by atoms with Gasteiger partial charge in [-0.3, -0.25) is 4.98 Å². The van der Waals surface area contributed by atoms with Gasteiger partial charge in [0, 0.05) is 22.5 Å². The molecule has 0 saturated carbocycles. The molecule has 3 N–H and O–H groups in total. The lowest BCUT2D eigenvalue weighted by Crippen LogP contribution is -2.27. The topological polar surface area (TPSA) is 77.2 Å². The van der Waals surface area contributed by atoms with Gasteiger partial charge >= 0.3 is 5.97 Å². The average Bonchev–Trinajstić information content (AvgIpc) is 2.38. The third-order valence-corrected chi connectivity index (χ3v) is 2.89. The van der Waals surface area contributed by atoms with E-state index >= 15 is 0 Å². The predicted octanol–water partition coefficient (Wildman–Crippen LogP) is 2.10.